The normalized spacial score (nSPS) is 21.8. The summed E-state index contributed by atoms with van der Waals surface area (Å²) in [6.07, 6.45) is 6.23. The van der Waals surface area contributed by atoms with Crippen LogP contribution in [0.3, 0.4) is 0 Å². The van der Waals surface area contributed by atoms with Crippen molar-refractivity contribution in [1.82, 2.24) is 9.88 Å². The zero-order valence-corrected chi connectivity index (χ0v) is 21.5. The number of piperidine rings is 1. The van der Waals surface area contributed by atoms with Crippen LogP contribution in [0.25, 0.3) is 10.8 Å². The van der Waals surface area contributed by atoms with Crippen molar-refractivity contribution in [2.24, 2.45) is 11.8 Å². The summed E-state index contributed by atoms with van der Waals surface area (Å²) in [5, 5.41) is 2.29. The van der Waals surface area contributed by atoms with Gasteiger partial charge in [-0.25, -0.2) is 0 Å². The number of fused-ring (bicyclic) bond motifs is 4. The molecule has 3 aromatic rings. The minimum absolute atomic E-state index is 0.399. The first kappa shape index (κ1) is 23.7. The van der Waals surface area contributed by atoms with Crippen molar-refractivity contribution in [1.29, 1.82) is 0 Å². The molecule has 0 saturated carbocycles. The summed E-state index contributed by atoms with van der Waals surface area (Å²) in [5.74, 6) is 4.33. The lowest BCUT2D eigenvalue weighted by Gasteiger charge is -2.47. The second-order valence-corrected chi connectivity index (χ2v) is 9.72. The van der Waals surface area contributed by atoms with Crippen LogP contribution < -0.4 is 18.9 Å². The van der Waals surface area contributed by atoms with Gasteiger partial charge in [-0.1, -0.05) is 13.3 Å². The van der Waals surface area contributed by atoms with Gasteiger partial charge in [0.1, 0.15) is 0 Å². The molecule has 186 valence electrons. The van der Waals surface area contributed by atoms with Crippen molar-refractivity contribution in [3.05, 3.63) is 53.3 Å². The van der Waals surface area contributed by atoms with Gasteiger partial charge in [-0.2, -0.15) is 0 Å². The Balaban J connectivity index is 1.49. The molecule has 6 nitrogen and oxygen atoms in total. The molecule has 1 fully saturated rings. The van der Waals surface area contributed by atoms with E-state index in [1.54, 1.807) is 28.4 Å². The number of hydrogen-bond acceptors (Lipinski definition) is 6. The van der Waals surface area contributed by atoms with Gasteiger partial charge in [0.25, 0.3) is 0 Å². The molecule has 0 bridgehead atoms. The zero-order valence-electron chi connectivity index (χ0n) is 21.5. The Labute approximate surface area is 208 Å². The zero-order chi connectivity index (χ0) is 24.5. The molecule has 3 heterocycles. The molecule has 35 heavy (non-hydrogen) atoms. The van der Waals surface area contributed by atoms with E-state index in [9.17, 15) is 0 Å². The van der Waals surface area contributed by atoms with E-state index in [-0.39, 0.29) is 0 Å². The molecule has 0 radical (unpaired) electrons. The molecule has 6 heteroatoms. The highest BCUT2D eigenvalue weighted by Crippen LogP contribution is 2.46. The fourth-order valence-corrected chi connectivity index (χ4v) is 6.19. The topological polar surface area (TPSA) is 53.1 Å². The number of nitrogens with zero attached hydrogens (tertiary/aromatic N) is 2. The Bertz CT molecular complexity index is 1210. The van der Waals surface area contributed by atoms with Crippen molar-refractivity contribution < 1.29 is 18.9 Å². The van der Waals surface area contributed by atoms with Gasteiger partial charge in [-0.05, 0) is 77.9 Å². The van der Waals surface area contributed by atoms with Crippen molar-refractivity contribution in [2.75, 3.05) is 41.5 Å². The van der Waals surface area contributed by atoms with Crippen LogP contribution in [0.5, 0.6) is 23.0 Å². The van der Waals surface area contributed by atoms with Gasteiger partial charge in [0.2, 0.25) is 0 Å². The maximum atomic E-state index is 5.66. The molecule has 0 aliphatic carbocycles. The van der Waals surface area contributed by atoms with E-state index in [0.717, 1.165) is 71.8 Å². The summed E-state index contributed by atoms with van der Waals surface area (Å²) in [6, 6.07) is 11.0. The van der Waals surface area contributed by atoms with Crippen LogP contribution in [0.4, 0.5) is 0 Å². The van der Waals surface area contributed by atoms with Crippen LogP contribution in [0, 0.1) is 11.8 Å². The van der Waals surface area contributed by atoms with Crippen LogP contribution in [0.2, 0.25) is 0 Å². The molecule has 0 amide bonds. The minimum Gasteiger partial charge on any atom is -0.493 e. The number of ether oxygens (including phenoxy) is 4. The van der Waals surface area contributed by atoms with Crippen LogP contribution in [0.1, 0.15) is 42.6 Å². The van der Waals surface area contributed by atoms with Crippen molar-refractivity contribution in [3.63, 3.8) is 0 Å². The summed E-state index contributed by atoms with van der Waals surface area (Å²) < 4.78 is 22.4. The fourth-order valence-electron chi connectivity index (χ4n) is 6.19. The lowest BCUT2D eigenvalue weighted by atomic mass is 9.74. The van der Waals surface area contributed by atoms with Crippen LogP contribution in [0.15, 0.2) is 36.5 Å². The predicted octanol–water partition coefficient (Wildman–Crippen LogP) is 5.46. The Kier molecular flexibility index (Phi) is 6.74. The Morgan fingerprint density at radius 2 is 1.57 bits per heavy atom. The first-order valence-electron chi connectivity index (χ1n) is 12.6. The van der Waals surface area contributed by atoms with E-state index < -0.39 is 0 Å². The summed E-state index contributed by atoms with van der Waals surface area (Å²) in [4.78, 5) is 7.54. The van der Waals surface area contributed by atoms with Crippen molar-refractivity contribution >= 4 is 10.8 Å². The molecule has 5 rings (SSSR count). The molecular formula is C29H36N2O4. The number of hydrogen-bond donors (Lipinski definition) is 0. The van der Waals surface area contributed by atoms with Crippen molar-refractivity contribution in [2.45, 2.75) is 38.6 Å². The van der Waals surface area contributed by atoms with Crippen LogP contribution in [-0.2, 0) is 12.8 Å². The molecule has 0 N–H and O–H groups in total. The third kappa shape index (κ3) is 4.29. The van der Waals surface area contributed by atoms with Gasteiger partial charge in [0.15, 0.2) is 23.0 Å². The Morgan fingerprint density at radius 1 is 0.886 bits per heavy atom. The number of rotatable bonds is 7. The second-order valence-electron chi connectivity index (χ2n) is 9.72. The number of benzene rings is 2. The highest BCUT2D eigenvalue weighted by Gasteiger charge is 2.39. The fraction of sp³-hybridized carbons (Fsp3) is 0.483. The third-order valence-corrected chi connectivity index (χ3v) is 8.11. The Morgan fingerprint density at radius 3 is 2.29 bits per heavy atom. The van der Waals surface area contributed by atoms with Gasteiger partial charge >= 0.3 is 0 Å². The molecular weight excluding hydrogens is 440 g/mol. The van der Waals surface area contributed by atoms with Gasteiger partial charge in [-0.3, -0.25) is 9.88 Å². The average Bonchev–Trinajstić information content (AvgIpc) is 2.91. The molecule has 0 spiro atoms. The summed E-state index contributed by atoms with van der Waals surface area (Å²) >= 11 is 0. The van der Waals surface area contributed by atoms with Gasteiger partial charge in [-0.15, -0.1) is 0 Å². The molecule has 1 saturated heterocycles. The lowest BCUT2D eigenvalue weighted by molar-refractivity contribution is 0.0517. The number of aromatic nitrogens is 1. The quantitative estimate of drug-likeness (QED) is 0.452. The van der Waals surface area contributed by atoms with E-state index in [2.05, 4.69) is 42.2 Å². The highest BCUT2D eigenvalue weighted by molar-refractivity contribution is 5.88. The van der Waals surface area contributed by atoms with E-state index in [0.29, 0.717) is 17.9 Å². The standard InChI is InChI=1S/C29H36N2O4/c1-6-18-17-31-10-8-20-14-27(33-3)29(35-5)16-23(20)25(31)12-21(18)11-24-22-15-28(34-4)26(32-2)13-19(22)7-9-30-24/h7,9,13-16,18,21,25H,6,8,10-12,17H2,1-5H3/t18-,21+,25-/m0/s1. The largest absolute Gasteiger partial charge is 0.493 e. The first-order valence-corrected chi connectivity index (χ1v) is 12.6. The Hall–Kier alpha value is -2.99. The first-order chi connectivity index (χ1) is 17.1. The second kappa shape index (κ2) is 9.94. The smallest absolute Gasteiger partial charge is 0.161 e. The predicted molar refractivity (Wildman–Crippen MR) is 138 cm³/mol. The van der Waals surface area contributed by atoms with E-state index in [1.807, 2.05) is 6.20 Å². The van der Waals surface area contributed by atoms with E-state index >= 15 is 0 Å². The van der Waals surface area contributed by atoms with Gasteiger partial charge in [0, 0.05) is 36.4 Å². The SMILES string of the molecule is CC[C@H]1CN2CCc3cc(OC)c(OC)cc3[C@@H]2C[C@H]1Cc1nccc2cc(OC)c(OC)cc12. The van der Waals surface area contributed by atoms with Crippen LogP contribution in [-0.4, -0.2) is 51.4 Å². The average molecular weight is 477 g/mol. The molecule has 2 aliphatic rings. The summed E-state index contributed by atoms with van der Waals surface area (Å²) in [5.41, 5.74) is 3.92. The summed E-state index contributed by atoms with van der Waals surface area (Å²) in [6.45, 7) is 4.55. The third-order valence-electron chi connectivity index (χ3n) is 8.11. The van der Waals surface area contributed by atoms with E-state index in [4.69, 9.17) is 23.9 Å². The van der Waals surface area contributed by atoms with Crippen molar-refractivity contribution in [3.8, 4) is 23.0 Å². The van der Waals surface area contributed by atoms with Crippen LogP contribution >= 0.6 is 0 Å². The van der Waals surface area contributed by atoms with Gasteiger partial charge < -0.3 is 18.9 Å². The number of pyridine rings is 1. The maximum Gasteiger partial charge on any atom is 0.161 e. The monoisotopic (exact) mass is 476 g/mol. The van der Waals surface area contributed by atoms with E-state index in [1.165, 1.54) is 17.5 Å². The maximum absolute atomic E-state index is 5.66. The lowest BCUT2D eigenvalue weighted by Crippen LogP contribution is -2.46. The number of methoxy groups -OCH3 is 4. The molecule has 1 aromatic heterocycles. The molecule has 0 unspecified atom stereocenters. The van der Waals surface area contributed by atoms with Gasteiger partial charge in [0.05, 0.1) is 28.4 Å². The molecule has 2 aromatic carbocycles. The highest BCUT2D eigenvalue weighted by atomic mass is 16.5. The minimum atomic E-state index is 0.399. The molecule has 2 aliphatic heterocycles. The molecule has 3 atom stereocenters. The summed E-state index contributed by atoms with van der Waals surface area (Å²) in [7, 11) is 6.80.